The number of anilines is 1. The number of benzene rings is 3. The van der Waals surface area contributed by atoms with Crippen molar-refractivity contribution in [1.29, 1.82) is 5.26 Å². The molecule has 0 radical (unpaired) electrons. The minimum atomic E-state index is -0.571. The number of azo groups is 1. The number of nitriles is 1. The van der Waals surface area contributed by atoms with E-state index in [0.29, 0.717) is 29.7 Å². The van der Waals surface area contributed by atoms with Gasteiger partial charge in [-0.3, -0.25) is 19.7 Å². The van der Waals surface area contributed by atoms with E-state index in [2.05, 4.69) is 10.2 Å². The largest absolute Gasteiger partial charge is 0.506 e. The molecule has 0 saturated carbocycles. The molecule has 0 aliphatic carbocycles. The summed E-state index contributed by atoms with van der Waals surface area (Å²) in [6, 6.07) is 12.3. The predicted octanol–water partition coefficient (Wildman–Crippen LogP) is 5.09. The van der Waals surface area contributed by atoms with Gasteiger partial charge in [-0.15, -0.1) is 10.2 Å². The molecule has 3 aromatic carbocycles. The van der Waals surface area contributed by atoms with E-state index in [-0.39, 0.29) is 65.0 Å². The number of nitro groups is 1. The lowest BCUT2D eigenvalue weighted by Crippen LogP contribution is -2.34. The van der Waals surface area contributed by atoms with Gasteiger partial charge in [0.15, 0.2) is 5.78 Å². The molecular formula is C25H21N5O6. The molecule has 0 saturated heterocycles. The van der Waals surface area contributed by atoms with E-state index >= 15 is 0 Å². The molecule has 0 amide bonds. The number of fused-ring (bicyclic) bond motifs is 2. The molecule has 11 nitrogen and oxygen atoms in total. The van der Waals surface area contributed by atoms with Crippen LogP contribution in [0.4, 0.5) is 22.7 Å². The van der Waals surface area contributed by atoms with Crippen LogP contribution >= 0.6 is 0 Å². The summed E-state index contributed by atoms with van der Waals surface area (Å²) >= 11 is 0. The van der Waals surface area contributed by atoms with Crippen LogP contribution in [-0.4, -0.2) is 41.5 Å². The van der Waals surface area contributed by atoms with Gasteiger partial charge in [0, 0.05) is 42.6 Å². The van der Waals surface area contributed by atoms with Gasteiger partial charge in [0.1, 0.15) is 23.2 Å². The van der Waals surface area contributed by atoms with Gasteiger partial charge in [-0.1, -0.05) is 18.2 Å². The van der Waals surface area contributed by atoms with Crippen molar-refractivity contribution in [2.45, 2.75) is 19.8 Å². The maximum atomic E-state index is 12.6. The summed E-state index contributed by atoms with van der Waals surface area (Å²) in [5, 5.41) is 40.5. The molecule has 3 aromatic rings. The molecule has 11 heteroatoms. The van der Waals surface area contributed by atoms with E-state index in [9.17, 15) is 30.1 Å². The van der Waals surface area contributed by atoms with Crippen LogP contribution in [0.25, 0.3) is 10.8 Å². The molecule has 0 atom stereocenters. The number of ketones is 1. The molecule has 4 rings (SSSR count). The minimum absolute atomic E-state index is 0.000617. The molecule has 36 heavy (non-hydrogen) atoms. The highest BCUT2D eigenvalue weighted by Crippen LogP contribution is 2.41. The van der Waals surface area contributed by atoms with Gasteiger partial charge >= 0.3 is 5.97 Å². The van der Waals surface area contributed by atoms with Crippen LogP contribution in [0, 0.1) is 21.4 Å². The number of carbonyl (C=O) groups excluding carboxylic acids is 2. The second kappa shape index (κ2) is 10.2. The Morgan fingerprint density at radius 2 is 2.00 bits per heavy atom. The second-order valence-electron chi connectivity index (χ2n) is 7.98. The van der Waals surface area contributed by atoms with Crippen LogP contribution < -0.4 is 4.90 Å². The number of hydrogen-bond acceptors (Lipinski definition) is 10. The highest BCUT2D eigenvalue weighted by molar-refractivity contribution is 6.05. The Morgan fingerprint density at radius 1 is 1.25 bits per heavy atom. The summed E-state index contributed by atoms with van der Waals surface area (Å²) in [7, 11) is 0. The van der Waals surface area contributed by atoms with E-state index in [0.717, 1.165) is 6.07 Å². The van der Waals surface area contributed by atoms with E-state index in [4.69, 9.17) is 4.74 Å². The van der Waals surface area contributed by atoms with Gasteiger partial charge in [-0.05, 0) is 19.1 Å². The Hall–Kier alpha value is -4.85. The fourth-order valence-corrected chi connectivity index (χ4v) is 4.10. The number of ether oxygens (including phenoxy) is 1. The average molecular weight is 487 g/mol. The number of phenols is 1. The zero-order valence-electron chi connectivity index (χ0n) is 19.3. The van der Waals surface area contributed by atoms with Crippen molar-refractivity contribution in [3.63, 3.8) is 0 Å². The molecule has 1 aliphatic heterocycles. The molecular weight excluding hydrogens is 466 g/mol. The summed E-state index contributed by atoms with van der Waals surface area (Å²) in [6.07, 6.45) is 0.358. The van der Waals surface area contributed by atoms with Crippen molar-refractivity contribution >= 4 is 45.3 Å². The summed E-state index contributed by atoms with van der Waals surface area (Å²) in [4.78, 5) is 37.1. The third-order valence-electron chi connectivity index (χ3n) is 5.80. The smallest absolute Gasteiger partial charge is 0.307 e. The fourth-order valence-electron chi connectivity index (χ4n) is 4.10. The van der Waals surface area contributed by atoms with Crippen LogP contribution in [0.1, 0.15) is 35.7 Å². The fraction of sp³-hybridized carbons (Fsp3) is 0.240. The van der Waals surface area contributed by atoms with E-state index in [1.165, 1.54) is 12.1 Å². The number of carbonyl (C=O) groups is 2. The van der Waals surface area contributed by atoms with Crippen molar-refractivity contribution in [2.75, 3.05) is 24.6 Å². The first-order valence-corrected chi connectivity index (χ1v) is 11.2. The molecule has 1 heterocycles. The number of rotatable bonds is 7. The lowest BCUT2D eigenvalue weighted by molar-refractivity contribution is -0.383. The van der Waals surface area contributed by atoms with Crippen LogP contribution in [0.5, 0.6) is 5.75 Å². The van der Waals surface area contributed by atoms with Crippen LogP contribution in [0.3, 0.4) is 0 Å². The summed E-state index contributed by atoms with van der Waals surface area (Å²) < 4.78 is 4.96. The lowest BCUT2D eigenvalue weighted by Gasteiger charge is -2.30. The average Bonchev–Trinajstić information content (AvgIpc) is 2.87. The molecule has 182 valence electrons. The minimum Gasteiger partial charge on any atom is -0.506 e. The molecule has 1 N–H and O–H groups in total. The summed E-state index contributed by atoms with van der Waals surface area (Å²) in [6.45, 7) is 2.71. The lowest BCUT2D eigenvalue weighted by atomic mass is 9.99. The van der Waals surface area contributed by atoms with Crippen LogP contribution in [-0.2, 0) is 9.53 Å². The molecule has 0 spiro atoms. The summed E-state index contributed by atoms with van der Waals surface area (Å²) in [5.74, 6) is -0.750. The number of aromatic hydroxyl groups is 1. The van der Waals surface area contributed by atoms with E-state index in [1.54, 1.807) is 31.2 Å². The maximum absolute atomic E-state index is 12.6. The Kier molecular flexibility index (Phi) is 6.87. The molecule has 0 aromatic heterocycles. The standard InChI is InChI=1S/C25H21N5O6/c1-2-36-24(33)8-10-29-9-7-22(31)18-12-19(23(32)13-20(18)29)27-28-25-15(14-26)11-21(30(34)35)16-5-3-4-6-17(16)25/h3-6,11-13,32H,2,7-10H2,1H3. The Morgan fingerprint density at radius 3 is 2.69 bits per heavy atom. The van der Waals surface area contributed by atoms with Crippen molar-refractivity contribution in [1.82, 2.24) is 0 Å². The molecule has 0 unspecified atom stereocenters. The topological polar surface area (TPSA) is 158 Å². The molecule has 0 bridgehead atoms. The third kappa shape index (κ3) is 4.69. The predicted molar refractivity (Wildman–Crippen MR) is 130 cm³/mol. The van der Waals surface area contributed by atoms with Crippen molar-refractivity contribution in [3.8, 4) is 11.8 Å². The quantitative estimate of drug-likeness (QED) is 0.209. The molecule has 0 fully saturated rings. The number of nitro benzene ring substituents is 1. The number of phenolic OH excluding ortho intramolecular Hbond substituents is 1. The van der Waals surface area contributed by atoms with Gasteiger partial charge in [-0.2, -0.15) is 5.26 Å². The number of nitrogens with zero attached hydrogens (tertiary/aromatic N) is 5. The zero-order valence-corrected chi connectivity index (χ0v) is 19.3. The van der Waals surface area contributed by atoms with Crippen LogP contribution in [0.2, 0.25) is 0 Å². The monoisotopic (exact) mass is 487 g/mol. The number of esters is 1. The van der Waals surface area contributed by atoms with Crippen LogP contribution in [0.15, 0.2) is 52.7 Å². The van der Waals surface area contributed by atoms with E-state index in [1.807, 2.05) is 11.0 Å². The number of non-ortho nitro benzene ring substituents is 1. The maximum Gasteiger partial charge on any atom is 0.307 e. The van der Waals surface area contributed by atoms with Gasteiger partial charge < -0.3 is 14.7 Å². The second-order valence-corrected chi connectivity index (χ2v) is 7.98. The van der Waals surface area contributed by atoms with Gasteiger partial charge in [0.25, 0.3) is 5.69 Å². The van der Waals surface area contributed by atoms with Gasteiger partial charge in [0.2, 0.25) is 0 Å². The zero-order chi connectivity index (χ0) is 25.8. The Balaban J connectivity index is 1.72. The van der Waals surface area contributed by atoms with Gasteiger partial charge in [0.05, 0.1) is 34.6 Å². The normalized spacial score (nSPS) is 13.0. The SMILES string of the molecule is CCOC(=O)CCN1CCC(=O)c2cc(N=Nc3c(C#N)cc([N+](=O)[O-])c4ccccc34)c(O)cc21. The summed E-state index contributed by atoms with van der Waals surface area (Å²) in [5.41, 5.74) is 0.629. The van der Waals surface area contributed by atoms with Crippen molar-refractivity contribution in [2.24, 2.45) is 10.2 Å². The number of hydrogen-bond donors (Lipinski definition) is 1. The van der Waals surface area contributed by atoms with Crippen molar-refractivity contribution < 1.29 is 24.4 Å². The molecule has 1 aliphatic rings. The number of Topliss-reactive ketones (excluding diaryl/α,β-unsaturated/α-hetero) is 1. The van der Waals surface area contributed by atoms with Gasteiger partial charge in [-0.25, -0.2) is 0 Å². The highest BCUT2D eigenvalue weighted by atomic mass is 16.6. The first-order chi connectivity index (χ1) is 17.3. The Labute approximate surface area is 205 Å². The highest BCUT2D eigenvalue weighted by Gasteiger charge is 2.26. The van der Waals surface area contributed by atoms with Crippen molar-refractivity contribution in [3.05, 3.63) is 63.7 Å². The first-order valence-electron chi connectivity index (χ1n) is 11.2. The first kappa shape index (κ1) is 24.3. The van der Waals surface area contributed by atoms with E-state index < -0.39 is 4.92 Å². The third-order valence-corrected chi connectivity index (χ3v) is 5.80. The Bertz CT molecular complexity index is 1460.